The lowest BCUT2D eigenvalue weighted by Crippen LogP contribution is -2.16. The normalized spacial score (nSPS) is 12.7. The number of aryl methyl sites for hydroxylation is 1. The van der Waals surface area contributed by atoms with Crippen molar-refractivity contribution in [3.05, 3.63) is 57.5 Å². The van der Waals surface area contributed by atoms with Crippen molar-refractivity contribution >= 4 is 15.9 Å². The van der Waals surface area contributed by atoms with Crippen LogP contribution in [0.1, 0.15) is 29.9 Å². The van der Waals surface area contributed by atoms with Crippen molar-refractivity contribution in [2.24, 2.45) is 5.73 Å². The van der Waals surface area contributed by atoms with E-state index in [0.29, 0.717) is 6.42 Å². The third-order valence-corrected chi connectivity index (χ3v) is 3.68. The Morgan fingerprint density at radius 2 is 2.05 bits per heavy atom. The van der Waals surface area contributed by atoms with Crippen molar-refractivity contribution in [2.45, 2.75) is 25.8 Å². The van der Waals surface area contributed by atoms with Crippen LogP contribution in [0.25, 0.3) is 0 Å². The summed E-state index contributed by atoms with van der Waals surface area (Å²) in [5.41, 5.74) is 6.81. The molecule has 1 atom stereocenters. The second-order valence-corrected chi connectivity index (χ2v) is 5.14. The Hall–Kier alpha value is -1.20. The lowest BCUT2D eigenvalue weighted by Gasteiger charge is -2.13. The van der Waals surface area contributed by atoms with Gasteiger partial charge in [-0.2, -0.15) is 0 Å². The van der Waals surface area contributed by atoms with Crippen molar-refractivity contribution in [1.82, 2.24) is 0 Å². The lowest BCUT2D eigenvalue weighted by atomic mass is 9.98. The first kappa shape index (κ1) is 14.2. The Morgan fingerprint density at radius 1 is 1.32 bits per heavy atom. The summed E-state index contributed by atoms with van der Waals surface area (Å²) < 4.78 is 33.1. The molecule has 0 aliphatic heterocycles. The molecule has 19 heavy (non-hydrogen) atoms. The van der Waals surface area contributed by atoms with Gasteiger partial charge in [0.25, 0.3) is 0 Å². The van der Waals surface area contributed by atoms with Crippen LogP contribution in [0.4, 0.5) is 8.78 Å². The predicted molar refractivity (Wildman–Crippen MR) is 72.8 cm³/mol. The second kappa shape index (κ2) is 5.84. The molecule has 5 heteroatoms. The van der Waals surface area contributed by atoms with E-state index in [1.807, 2.05) is 6.92 Å². The molecule has 1 unspecified atom stereocenters. The molecule has 0 amide bonds. The third kappa shape index (κ3) is 2.87. The highest BCUT2D eigenvalue weighted by atomic mass is 79.9. The van der Waals surface area contributed by atoms with Gasteiger partial charge in [0.1, 0.15) is 17.4 Å². The van der Waals surface area contributed by atoms with Crippen LogP contribution >= 0.6 is 15.9 Å². The quantitative estimate of drug-likeness (QED) is 0.857. The molecule has 0 fully saturated rings. The van der Waals surface area contributed by atoms with Crippen LogP contribution in [0, 0.1) is 11.6 Å². The first-order chi connectivity index (χ1) is 9.04. The number of nitrogens with two attached hydrogens (primary N) is 1. The summed E-state index contributed by atoms with van der Waals surface area (Å²) in [6, 6.07) is 3.82. The fourth-order valence-corrected chi connectivity index (χ4v) is 2.43. The Morgan fingerprint density at radius 3 is 2.74 bits per heavy atom. The van der Waals surface area contributed by atoms with Gasteiger partial charge in [-0.15, -0.1) is 0 Å². The molecule has 0 spiro atoms. The fourth-order valence-electron chi connectivity index (χ4n) is 2.05. The molecule has 102 valence electrons. The predicted octanol–water partition coefficient (Wildman–Crippen LogP) is 4.13. The summed E-state index contributed by atoms with van der Waals surface area (Å²) in [6.07, 6.45) is 2.32. The zero-order valence-electron chi connectivity index (χ0n) is 10.4. The summed E-state index contributed by atoms with van der Waals surface area (Å²) in [7, 11) is 0. The number of benzene rings is 1. The standard InChI is InChI=1S/C14H14BrF2NO/c1-2-13-8(5-6-19-13)12(18)7-9-11(16)4-3-10(15)14(9)17/h3-6,12H,2,7,18H2,1H3. The minimum atomic E-state index is -0.600. The summed E-state index contributed by atoms with van der Waals surface area (Å²) in [6.45, 7) is 1.94. The second-order valence-electron chi connectivity index (χ2n) is 4.29. The smallest absolute Gasteiger partial charge is 0.143 e. The summed E-state index contributed by atoms with van der Waals surface area (Å²) in [5.74, 6) is -0.432. The average Bonchev–Trinajstić information content (AvgIpc) is 2.87. The first-order valence-corrected chi connectivity index (χ1v) is 6.78. The molecule has 2 N–H and O–H groups in total. The maximum absolute atomic E-state index is 13.9. The van der Waals surface area contributed by atoms with Gasteiger partial charge in [-0.25, -0.2) is 8.78 Å². The van der Waals surface area contributed by atoms with Crippen molar-refractivity contribution in [1.29, 1.82) is 0 Å². The molecular formula is C14H14BrF2NO. The van der Waals surface area contributed by atoms with E-state index in [1.165, 1.54) is 12.1 Å². The first-order valence-electron chi connectivity index (χ1n) is 5.98. The van der Waals surface area contributed by atoms with Crippen molar-refractivity contribution in [2.75, 3.05) is 0 Å². The molecule has 2 nitrogen and oxygen atoms in total. The monoisotopic (exact) mass is 329 g/mol. The molecule has 0 aliphatic carbocycles. The topological polar surface area (TPSA) is 39.2 Å². The lowest BCUT2D eigenvalue weighted by molar-refractivity contribution is 0.499. The van der Waals surface area contributed by atoms with Crippen LogP contribution < -0.4 is 5.73 Å². The van der Waals surface area contributed by atoms with Crippen LogP contribution in [-0.2, 0) is 12.8 Å². The maximum Gasteiger partial charge on any atom is 0.143 e. The van der Waals surface area contributed by atoms with Gasteiger partial charge in [0.05, 0.1) is 10.7 Å². The number of halogens is 3. The van der Waals surface area contributed by atoms with Crippen LogP contribution in [0.2, 0.25) is 0 Å². The van der Waals surface area contributed by atoms with Crippen molar-refractivity contribution in [3.8, 4) is 0 Å². The van der Waals surface area contributed by atoms with E-state index >= 15 is 0 Å². The van der Waals surface area contributed by atoms with Gasteiger partial charge in [-0.05, 0) is 40.5 Å². The largest absolute Gasteiger partial charge is 0.469 e. The number of hydrogen-bond acceptors (Lipinski definition) is 2. The van der Waals surface area contributed by atoms with Crippen LogP contribution in [-0.4, -0.2) is 0 Å². The minimum Gasteiger partial charge on any atom is -0.469 e. The van der Waals surface area contributed by atoms with Gasteiger partial charge in [0, 0.05) is 23.6 Å². The minimum absolute atomic E-state index is 0.00914. The molecule has 2 rings (SSSR count). The van der Waals surface area contributed by atoms with Crippen molar-refractivity contribution in [3.63, 3.8) is 0 Å². The molecule has 0 bridgehead atoms. The maximum atomic E-state index is 13.9. The van der Waals surface area contributed by atoms with Gasteiger partial charge in [-0.3, -0.25) is 0 Å². The van der Waals surface area contributed by atoms with E-state index in [-0.39, 0.29) is 16.5 Å². The van der Waals surface area contributed by atoms with E-state index < -0.39 is 17.7 Å². The van der Waals surface area contributed by atoms with Crippen molar-refractivity contribution < 1.29 is 13.2 Å². The summed E-state index contributed by atoms with van der Waals surface area (Å²) in [4.78, 5) is 0. The third-order valence-electron chi connectivity index (χ3n) is 3.06. The average molecular weight is 330 g/mol. The fraction of sp³-hybridized carbons (Fsp3) is 0.286. The molecule has 0 aliphatic rings. The Balaban J connectivity index is 2.29. The van der Waals surface area contributed by atoms with Crippen LogP contribution in [0.5, 0.6) is 0 Å². The zero-order chi connectivity index (χ0) is 14.0. The molecule has 1 heterocycles. The molecule has 0 saturated heterocycles. The highest BCUT2D eigenvalue weighted by Crippen LogP contribution is 2.27. The molecular weight excluding hydrogens is 316 g/mol. The molecule has 0 radical (unpaired) electrons. The Kier molecular flexibility index (Phi) is 4.37. The van der Waals surface area contributed by atoms with E-state index in [1.54, 1.807) is 12.3 Å². The molecule has 0 saturated carbocycles. The van der Waals surface area contributed by atoms with Gasteiger partial charge in [0.2, 0.25) is 0 Å². The van der Waals surface area contributed by atoms with E-state index in [2.05, 4.69) is 15.9 Å². The van der Waals surface area contributed by atoms with Crippen LogP contribution in [0.3, 0.4) is 0 Å². The summed E-state index contributed by atoms with van der Waals surface area (Å²) >= 11 is 3.05. The Labute approximate surface area is 118 Å². The number of rotatable bonds is 4. The van der Waals surface area contributed by atoms with E-state index in [9.17, 15) is 8.78 Å². The number of furan rings is 1. The van der Waals surface area contributed by atoms with E-state index in [4.69, 9.17) is 10.2 Å². The van der Waals surface area contributed by atoms with Gasteiger partial charge in [0.15, 0.2) is 0 Å². The van der Waals surface area contributed by atoms with Gasteiger partial charge in [-0.1, -0.05) is 6.92 Å². The highest BCUT2D eigenvalue weighted by Gasteiger charge is 2.19. The molecule has 1 aromatic carbocycles. The highest BCUT2D eigenvalue weighted by molar-refractivity contribution is 9.10. The zero-order valence-corrected chi connectivity index (χ0v) is 12.0. The Bertz CT molecular complexity index is 583. The molecule has 1 aromatic heterocycles. The van der Waals surface area contributed by atoms with Crippen LogP contribution in [0.15, 0.2) is 33.4 Å². The molecule has 2 aromatic rings. The number of hydrogen-bond donors (Lipinski definition) is 1. The summed E-state index contributed by atoms with van der Waals surface area (Å²) in [5, 5.41) is 0. The van der Waals surface area contributed by atoms with E-state index in [0.717, 1.165) is 11.3 Å². The van der Waals surface area contributed by atoms with Gasteiger partial charge >= 0.3 is 0 Å². The van der Waals surface area contributed by atoms with Gasteiger partial charge < -0.3 is 10.2 Å². The SMILES string of the molecule is CCc1occc1C(N)Cc1c(F)ccc(Br)c1F.